The molecule has 0 atom stereocenters. The Balaban J connectivity index is 1.64. The highest BCUT2D eigenvalue weighted by atomic mass is 32.1. The highest BCUT2D eigenvalue weighted by Crippen LogP contribution is 2.15. The largest absolute Gasteiger partial charge is 0.497 e. The van der Waals surface area contributed by atoms with Gasteiger partial charge < -0.3 is 15.0 Å². The summed E-state index contributed by atoms with van der Waals surface area (Å²) in [7, 11) is 1.63. The summed E-state index contributed by atoms with van der Waals surface area (Å²) in [6.07, 6.45) is 0. The second-order valence-corrected chi connectivity index (χ2v) is 5.50. The predicted molar refractivity (Wildman–Crippen MR) is 101 cm³/mol. The van der Waals surface area contributed by atoms with Gasteiger partial charge in [-0.1, -0.05) is 12.1 Å². The first-order valence-electron chi connectivity index (χ1n) is 7.36. The maximum atomic E-state index is 5.24. The minimum absolute atomic E-state index is 0.399. The number of anilines is 1. The lowest BCUT2D eigenvalue weighted by Gasteiger charge is -2.08. The maximum absolute atomic E-state index is 5.24. The Morgan fingerprint density at radius 2 is 1.92 bits per heavy atom. The van der Waals surface area contributed by atoms with Crippen LogP contribution in [0.15, 0.2) is 53.6 Å². The summed E-state index contributed by atoms with van der Waals surface area (Å²) in [4.78, 5) is 7.71. The normalized spacial score (nSPS) is 11.3. The van der Waals surface area contributed by atoms with Crippen LogP contribution in [0.2, 0.25) is 0 Å². The number of aromatic nitrogens is 2. The molecule has 0 unspecified atom stereocenters. The highest BCUT2D eigenvalue weighted by Gasteiger charge is 2.05. The fourth-order valence-electron chi connectivity index (χ4n) is 2.15. The number of hydrazone groups is 1. The van der Waals surface area contributed by atoms with Gasteiger partial charge >= 0.3 is 0 Å². The second kappa shape index (κ2) is 7.10. The van der Waals surface area contributed by atoms with Crippen LogP contribution >= 0.6 is 12.2 Å². The number of thiocarbonyl (C=S) groups is 1. The van der Waals surface area contributed by atoms with E-state index in [2.05, 4.69) is 25.8 Å². The Morgan fingerprint density at radius 3 is 2.62 bits per heavy atom. The molecule has 0 aliphatic carbocycles. The van der Waals surface area contributed by atoms with E-state index in [9.17, 15) is 0 Å². The predicted octanol–water partition coefficient (Wildman–Crippen LogP) is 3.28. The molecule has 1 heterocycles. The third kappa shape index (κ3) is 3.69. The van der Waals surface area contributed by atoms with Crippen molar-refractivity contribution in [1.82, 2.24) is 15.4 Å². The molecule has 0 fully saturated rings. The number of hydrogen-bond donors (Lipinski definition) is 3. The summed E-state index contributed by atoms with van der Waals surface area (Å²) in [6, 6.07) is 15.3. The quantitative estimate of drug-likeness (QED) is 0.386. The molecule has 3 aromatic rings. The molecule has 122 valence electrons. The van der Waals surface area contributed by atoms with E-state index in [1.54, 1.807) is 7.11 Å². The second-order valence-electron chi connectivity index (χ2n) is 5.09. The Bertz CT molecular complexity index is 852. The van der Waals surface area contributed by atoms with E-state index in [4.69, 9.17) is 17.0 Å². The van der Waals surface area contributed by atoms with Crippen LogP contribution in [0.3, 0.4) is 0 Å². The van der Waals surface area contributed by atoms with Gasteiger partial charge in [0.1, 0.15) is 11.5 Å². The minimum atomic E-state index is 0.399. The summed E-state index contributed by atoms with van der Waals surface area (Å²) in [6.45, 7) is 1.86. The number of aromatic amines is 1. The van der Waals surface area contributed by atoms with Crippen molar-refractivity contribution < 1.29 is 4.74 Å². The van der Waals surface area contributed by atoms with Gasteiger partial charge in [0.2, 0.25) is 0 Å². The molecule has 0 aliphatic rings. The first kappa shape index (κ1) is 15.9. The van der Waals surface area contributed by atoms with Crippen LogP contribution in [-0.4, -0.2) is 27.9 Å². The number of para-hydroxylation sites is 2. The van der Waals surface area contributed by atoms with Crippen molar-refractivity contribution in [3.63, 3.8) is 0 Å². The molecule has 0 amide bonds. The van der Waals surface area contributed by atoms with E-state index in [0.717, 1.165) is 22.5 Å². The first-order chi connectivity index (χ1) is 11.7. The number of nitrogens with one attached hydrogen (secondary N) is 3. The lowest BCUT2D eigenvalue weighted by molar-refractivity contribution is 0.415. The number of benzene rings is 2. The van der Waals surface area contributed by atoms with E-state index < -0.39 is 0 Å². The number of rotatable bonds is 4. The topological polar surface area (TPSA) is 74.3 Å². The van der Waals surface area contributed by atoms with Gasteiger partial charge in [-0.2, -0.15) is 5.10 Å². The molecule has 3 N–H and O–H groups in total. The number of imidazole rings is 1. The van der Waals surface area contributed by atoms with Crippen LogP contribution in [0, 0.1) is 0 Å². The summed E-state index contributed by atoms with van der Waals surface area (Å²) in [5.41, 5.74) is 6.26. The van der Waals surface area contributed by atoms with E-state index in [1.165, 1.54) is 0 Å². The SMILES string of the molecule is COc1ccc(NC(=S)N/N=C(\C)c2nc3ccccc3[nH]2)cc1. The summed E-state index contributed by atoms with van der Waals surface area (Å²) in [5, 5.41) is 7.72. The zero-order chi connectivity index (χ0) is 16.9. The minimum Gasteiger partial charge on any atom is -0.497 e. The Kier molecular flexibility index (Phi) is 4.72. The van der Waals surface area contributed by atoms with Crippen molar-refractivity contribution in [1.29, 1.82) is 0 Å². The fourth-order valence-corrected chi connectivity index (χ4v) is 2.31. The smallest absolute Gasteiger partial charge is 0.191 e. The molecule has 7 heteroatoms. The maximum Gasteiger partial charge on any atom is 0.191 e. The molecule has 1 aromatic heterocycles. The summed E-state index contributed by atoms with van der Waals surface area (Å²) in [5.74, 6) is 1.49. The van der Waals surface area contributed by atoms with Crippen LogP contribution in [0.4, 0.5) is 5.69 Å². The number of ether oxygens (including phenoxy) is 1. The molecule has 24 heavy (non-hydrogen) atoms. The molecule has 0 spiro atoms. The standard InChI is InChI=1S/C17H17N5OS/c1-11(16-19-14-5-3-4-6-15(14)20-16)21-22-17(24)18-12-7-9-13(23-2)10-8-12/h3-10H,1-2H3,(H,19,20)(H2,18,22,24)/b21-11+. The van der Waals surface area contributed by atoms with Crippen molar-refractivity contribution in [2.75, 3.05) is 12.4 Å². The van der Waals surface area contributed by atoms with Crippen molar-refractivity contribution in [3.05, 3.63) is 54.4 Å². The summed E-state index contributed by atoms with van der Waals surface area (Å²) < 4.78 is 5.12. The zero-order valence-corrected chi connectivity index (χ0v) is 14.1. The number of H-pyrrole nitrogens is 1. The number of nitrogens with zero attached hydrogens (tertiary/aromatic N) is 2. The Morgan fingerprint density at radius 1 is 1.17 bits per heavy atom. The Hall–Kier alpha value is -2.93. The van der Waals surface area contributed by atoms with Crippen molar-refractivity contribution in [3.8, 4) is 5.75 Å². The molecule has 0 saturated heterocycles. The molecular formula is C17H17N5OS. The highest BCUT2D eigenvalue weighted by molar-refractivity contribution is 7.80. The average molecular weight is 339 g/mol. The molecule has 0 aliphatic heterocycles. The average Bonchev–Trinajstić information content (AvgIpc) is 3.04. The molecule has 6 nitrogen and oxygen atoms in total. The van der Waals surface area contributed by atoms with Crippen molar-refractivity contribution in [2.24, 2.45) is 5.10 Å². The third-order valence-corrected chi connectivity index (χ3v) is 3.60. The third-order valence-electron chi connectivity index (χ3n) is 3.41. The van der Waals surface area contributed by atoms with Gasteiger partial charge in [0.15, 0.2) is 10.9 Å². The number of fused-ring (bicyclic) bond motifs is 1. The van der Waals surface area contributed by atoms with E-state index >= 15 is 0 Å². The number of methoxy groups -OCH3 is 1. The van der Waals surface area contributed by atoms with Gasteiger partial charge in [0.25, 0.3) is 0 Å². The molecule has 0 saturated carbocycles. The van der Waals surface area contributed by atoms with Gasteiger partial charge in [-0.05, 0) is 55.5 Å². The first-order valence-corrected chi connectivity index (χ1v) is 7.77. The molecule has 3 rings (SSSR count). The van der Waals surface area contributed by atoms with Crippen LogP contribution in [0.5, 0.6) is 5.75 Å². The fraction of sp³-hybridized carbons (Fsp3) is 0.118. The lowest BCUT2D eigenvalue weighted by Crippen LogP contribution is -2.25. The summed E-state index contributed by atoms with van der Waals surface area (Å²) >= 11 is 5.24. The van der Waals surface area contributed by atoms with Gasteiger partial charge in [-0.3, -0.25) is 5.43 Å². The monoisotopic (exact) mass is 339 g/mol. The van der Waals surface area contributed by atoms with Crippen molar-refractivity contribution >= 4 is 39.8 Å². The zero-order valence-electron chi connectivity index (χ0n) is 13.3. The van der Waals surface area contributed by atoms with E-state index in [0.29, 0.717) is 16.6 Å². The van der Waals surface area contributed by atoms with Gasteiger partial charge in [0, 0.05) is 5.69 Å². The van der Waals surface area contributed by atoms with Gasteiger partial charge in [0.05, 0.1) is 18.1 Å². The van der Waals surface area contributed by atoms with Gasteiger partial charge in [-0.15, -0.1) is 0 Å². The number of hydrogen-bond acceptors (Lipinski definition) is 4. The van der Waals surface area contributed by atoms with Crippen LogP contribution in [-0.2, 0) is 0 Å². The van der Waals surface area contributed by atoms with Gasteiger partial charge in [-0.25, -0.2) is 4.98 Å². The van der Waals surface area contributed by atoms with Crippen LogP contribution < -0.4 is 15.5 Å². The van der Waals surface area contributed by atoms with Crippen LogP contribution in [0.25, 0.3) is 11.0 Å². The molecule has 2 aromatic carbocycles. The van der Waals surface area contributed by atoms with E-state index in [-0.39, 0.29) is 0 Å². The molecule has 0 bridgehead atoms. The lowest BCUT2D eigenvalue weighted by atomic mass is 10.3. The van der Waals surface area contributed by atoms with Crippen LogP contribution in [0.1, 0.15) is 12.7 Å². The molecule has 0 radical (unpaired) electrons. The molecular weight excluding hydrogens is 322 g/mol. The van der Waals surface area contributed by atoms with E-state index in [1.807, 2.05) is 55.5 Å². The Labute approximate surface area is 144 Å². The van der Waals surface area contributed by atoms with Crippen molar-refractivity contribution in [2.45, 2.75) is 6.92 Å².